The molecule has 0 radical (unpaired) electrons. The van der Waals surface area contributed by atoms with Crippen molar-refractivity contribution in [3.63, 3.8) is 0 Å². The van der Waals surface area contributed by atoms with Gasteiger partial charge >= 0.3 is 0 Å². The Morgan fingerprint density at radius 3 is 2.60 bits per heavy atom. The minimum atomic E-state index is 1.10. The molecule has 0 aliphatic rings. The van der Waals surface area contributed by atoms with E-state index in [2.05, 4.69) is 4.40 Å². The molecule has 0 unspecified atom stereocenters. The zero-order valence-electron chi connectivity index (χ0n) is 5.40. The molecule has 0 aliphatic heterocycles. The van der Waals surface area contributed by atoms with Crippen LogP contribution in [0.25, 0.3) is 0 Å². The number of hydrogen-bond donors (Lipinski definition) is 1. The summed E-state index contributed by atoms with van der Waals surface area (Å²) in [5, 5.41) is 0. The molecule has 0 aromatic heterocycles. The van der Waals surface area contributed by atoms with E-state index in [-0.39, 0.29) is 0 Å². The van der Waals surface area contributed by atoms with Gasteiger partial charge in [-0.1, -0.05) is 18.2 Å². The Morgan fingerprint density at radius 1 is 1.30 bits per heavy atom. The monoisotopic (exact) mass is 152 g/mol. The van der Waals surface area contributed by atoms with Gasteiger partial charge in [-0.15, -0.1) is 0 Å². The maximum absolute atomic E-state index is 5.06. The third-order valence-corrected chi connectivity index (χ3v) is 1.67. The average molecular weight is 152 g/mol. The van der Waals surface area contributed by atoms with Crippen LogP contribution < -0.4 is 5.73 Å². The van der Waals surface area contributed by atoms with Gasteiger partial charge < -0.3 is 5.73 Å². The van der Waals surface area contributed by atoms with Gasteiger partial charge in [-0.3, -0.25) is 0 Å². The number of benzene rings is 1. The van der Waals surface area contributed by atoms with E-state index in [0.29, 0.717) is 0 Å². The van der Waals surface area contributed by atoms with E-state index in [0.717, 1.165) is 4.90 Å². The predicted octanol–water partition coefficient (Wildman–Crippen LogP) is 1.68. The molecule has 1 aromatic carbocycles. The van der Waals surface area contributed by atoms with E-state index < -0.39 is 0 Å². The summed E-state index contributed by atoms with van der Waals surface area (Å²) in [7, 11) is 0. The lowest BCUT2D eigenvalue weighted by Crippen LogP contribution is -1.84. The van der Waals surface area contributed by atoms with Crippen LogP contribution in [0.2, 0.25) is 0 Å². The molecular formula is C7H8N2S. The quantitative estimate of drug-likeness (QED) is 0.398. The van der Waals surface area contributed by atoms with Crippen molar-refractivity contribution < 1.29 is 0 Å². The second-order valence-corrected chi connectivity index (χ2v) is 2.52. The minimum Gasteiger partial charge on any atom is -0.389 e. The van der Waals surface area contributed by atoms with Crippen LogP contribution in [0, 0.1) is 0 Å². The standard InChI is InChI=1S/C7H8N2S/c8-6-9-10-7-4-2-1-3-5-7/h1-6H,(H2,8,9). The average Bonchev–Trinajstić information content (AvgIpc) is 2.03. The lowest BCUT2D eigenvalue weighted by molar-refractivity contribution is 1.46. The summed E-state index contributed by atoms with van der Waals surface area (Å²) in [5.74, 6) is 0. The zero-order valence-corrected chi connectivity index (χ0v) is 6.21. The third-order valence-electron chi connectivity index (χ3n) is 0.962. The number of nitrogens with zero attached hydrogens (tertiary/aromatic N) is 1. The largest absolute Gasteiger partial charge is 0.389 e. The Balaban J connectivity index is 2.59. The Kier molecular flexibility index (Phi) is 2.83. The number of rotatable bonds is 2. The Bertz CT molecular complexity index is 208. The summed E-state index contributed by atoms with van der Waals surface area (Å²) in [6.45, 7) is 0. The SMILES string of the molecule is N/C=N\Sc1ccccc1. The van der Waals surface area contributed by atoms with E-state index in [4.69, 9.17) is 5.73 Å². The fourth-order valence-electron chi connectivity index (χ4n) is 0.573. The van der Waals surface area contributed by atoms with Gasteiger partial charge in [0.25, 0.3) is 0 Å². The van der Waals surface area contributed by atoms with Crippen LogP contribution >= 0.6 is 11.9 Å². The molecule has 0 atom stereocenters. The van der Waals surface area contributed by atoms with Crippen LogP contribution in [-0.2, 0) is 0 Å². The van der Waals surface area contributed by atoms with E-state index in [1.807, 2.05) is 30.3 Å². The van der Waals surface area contributed by atoms with Crippen molar-refractivity contribution in [3.05, 3.63) is 30.3 Å². The molecule has 0 fully saturated rings. The molecule has 2 nitrogen and oxygen atoms in total. The van der Waals surface area contributed by atoms with Crippen LogP contribution in [-0.4, -0.2) is 6.34 Å². The van der Waals surface area contributed by atoms with Crippen LogP contribution in [0.3, 0.4) is 0 Å². The molecule has 10 heavy (non-hydrogen) atoms. The van der Waals surface area contributed by atoms with Crippen molar-refractivity contribution in [2.75, 3.05) is 0 Å². The molecule has 0 saturated heterocycles. The molecule has 0 heterocycles. The molecule has 0 aliphatic carbocycles. The second kappa shape index (κ2) is 3.95. The summed E-state index contributed by atoms with van der Waals surface area (Å²) in [6, 6.07) is 9.87. The van der Waals surface area contributed by atoms with Crippen LogP contribution in [0.1, 0.15) is 0 Å². The zero-order chi connectivity index (χ0) is 7.23. The highest BCUT2D eigenvalue weighted by Gasteiger charge is 1.85. The van der Waals surface area contributed by atoms with Crippen molar-refractivity contribution in [2.45, 2.75) is 4.90 Å². The highest BCUT2D eigenvalue weighted by atomic mass is 32.2. The highest BCUT2D eigenvalue weighted by Crippen LogP contribution is 2.16. The van der Waals surface area contributed by atoms with E-state index in [1.54, 1.807) is 0 Å². The van der Waals surface area contributed by atoms with Gasteiger partial charge in [0.05, 0.1) is 6.34 Å². The van der Waals surface area contributed by atoms with Crippen LogP contribution in [0.15, 0.2) is 39.6 Å². The fraction of sp³-hybridized carbons (Fsp3) is 0. The molecule has 52 valence electrons. The number of hydrogen-bond acceptors (Lipinski definition) is 2. The van der Waals surface area contributed by atoms with Crippen molar-refractivity contribution in [2.24, 2.45) is 10.1 Å². The topological polar surface area (TPSA) is 38.4 Å². The van der Waals surface area contributed by atoms with Gasteiger partial charge in [0.2, 0.25) is 0 Å². The van der Waals surface area contributed by atoms with Gasteiger partial charge in [-0.25, -0.2) is 4.40 Å². The number of nitrogens with two attached hydrogens (primary N) is 1. The maximum atomic E-state index is 5.06. The summed E-state index contributed by atoms with van der Waals surface area (Å²) >= 11 is 1.36. The molecule has 0 spiro atoms. The molecular weight excluding hydrogens is 144 g/mol. The summed E-state index contributed by atoms with van der Waals surface area (Å²) in [6.07, 6.45) is 1.29. The highest BCUT2D eigenvalue weighted by molar-refractivity contribution is 7.98. The van der Waals surface area contributed by atoms with E-state index >= 15 is 0 Å². The van der Waals surface area contributed by atoms with Gasteiger partial charge in [0.15, 0.2) is 0 Å². The fourth-order valence-corrected chi connectivity index (χ4v) is 1.03. The van der Waals surface area contributed by atoms with Gasteiger partial charge in [0.1, 0.15) is 0 Å². The Labute approximate surface area is 64.3 Å². The Hall–Kier alpha value is -0.960. The van der Waals surface area contributed by atoms with Crippen molar-refractivity contribution >= 4 is 18.3 Å². The molecule has 0 saturated carbocycles. The normalized spacial score (nSPS) is 10.4. The van der Waals surface area contributed by atoms with Crippen molar-refractivity contribution in [1.82, 2.24) is 0 Å². The molecule has 1 aromatic rings. The summed E-state index contributed by atoms with van der Waals surface area (Å²) in [5.41, 5.74) is 5.06. The summed E-state index contributed by atoms with van der Waals surface area (Å²) in [4.78, 5) is 1.10. The first-order valence-corrected chi connectivity index (χ1v) is 3.66. The predicted molar refractivity (Wildman–Crippen MR) is 45.0 cm³/mol. The molecule has 0 bridgehead atoms. The maximum Gasteiger partial charge on any atom is 0.0941 e. The molecule has 3 heteroatoms. The smallest absolute Gasteiger partial charge is 0.0941 e. The molecule has 0 amide bonds. The molecule has 2 N–H and O–H groups in total. The summed E-state index contributed by atoms with van der Waals surface area (Å²) < 4.78 is 3.81. The van der Waals surface area contributed by atoms with Crippen molar-refractivity contribution in [3.8, 4) is 0 Å². The van der Waals surface area contributed by atoms with Gasteiger partial charge in [-0.05, 0) is 12.1 Å². The molecule has 1 rings (SSSR count). The van der Waals surface area contributed by atoms with E-state index in [1.165, 1.54) is 18.3 Å². The van der Waals surface area contributed by atoms with Gasteiger partial charge in [0, 0.05) is 16.8 Å². The van der Waals surface area contributed by atoms with Crippen LogP contribution in [0.4, 0.5) is 0 Å². The lowest BCUT2D eigenvalue weighted by Gasteiger charge is -1.90. The third kappa shape index (κ3) is 2.11. The van der Waals surface area contributed by atoms with Gasteiger partial charge in [-0.2, -0.15) is 0 Å². The first-order valence-electron chi connectivity index (χ1n) is 2.89. The lowest BCUT2D eigenvalue weighted by atomic mass is 10.4. The first-order chi connectivity index (χ1) is 4.93. The Morgan fingerprint density at radius 2 is 2.00 bits per heavy atom. The minimum absolute atomic E-state index is 1.10. The second-order valence-electron chi connectivity index (χ2n) is 1.66. The van der Waals surface area contributed by atoms with Crippen molar-refractivity contribution in [1.29, 1.82) is 0 Å². The van der Waals surface area contributed by atoms with Crippen LogP contribution in [0.5, 0.6) is 0 Å². The first kappa shape index (κ1) is 7.15. The van der Waals surface area contributed by atoms with E-state index in [9.17, 15) is 0 Å².